The first-order chi connectivity index (χ1) is 8.18. The lowest BCUT2D eigenvalue weighted by atomic mass is 9.98. The molecular formula is C12H18ClO3P. The SMILES string of the molecule is Clc1ccccc1.OP(O)OC1CCCCC1. The normalized spacial score (nSPS) is 16.5. The molecule has 2 N–H and O–H groups in total. The van der Waals surface area contributed by atoms with Gasteiger partial charge in [-0.05, 0) is 25.0 Å². The van der Waals surface area contributed by atoms with E-state index in [-0.39, 0.29) is 6.10 Å². The molecule has 0 saturated heterocycles. The molecule has 1 aliphatic carbocycles. The highest BCUT2D eigenvalue weighted by Gasteiger charge is 2.16. The van der Waals surface area contributed by atoms with Gasteiger partial charge in [0.1, 0.15) is 0 Å². The molecule has 0 radical (unpaired) electrons. The highest BCUT2D eigenvalue weighted by atomic mass is 35.5. The van der Waals surface area contributed by atoms with Gasteiger partial charge in [-0.3, -0.25) is 0 Å². The van der Waals surface area contributed by atoms with E-state index in [4.69, 9.17) is 25.9 Å². The second-order valence-corrected chi connectivity index (χ2v) is 5.07. The summed E-state index contributed by atoms with van der Waals surface area (Å²) in [5.74, 6) is 0. The van der Waals surface area contributed by atoms with E-state index >= 15 is 0 Å². The average Bonchev–Trinajstić information content (AvgIpc) is 2.31. The minimum absolute atomic E-state index is 0.106. The van der Waals surface area contributed by atoms with Gasteiger partial charge in [-0.2, -0.15) is 0 Å². The maximum Gasteiger partial charge on any atom is 0.327 e. The lowest BCUT2D eigenvalue weighted by Crippen LogP contribution is -2.13. The van der Waals surface area contributed by atoms with Crippen LogP contribution in [0.2, 0.25) is 5.02 Å². The van der Waals surface area contributed by atoms with Gasteiger partial charge in [-0.1, -0.05) is 49.1 Å². The van der Waals surface area contributed by atoms with Crippen LogP contribution in [0.1, 0.15) is 32.1 Å². The van der Waals surface area contributed by atoms with Crippen LogP contribution in [0.5, 0.6) is 0 Å². The van der Waals surface area contributed by atoms with E-state index < -0.39 is 8.60 Å². The maximum atomic E-state index is 8.50. The molecule has 1 aromatic rings. The Morgan fingerprint density at radius 2 is 1.65 bits per heavy atom. The number of hydrogen-bond donors (Lipinski definition) is 2. The minimum atomic E-state index is -2.12. The monoisotopic (exact) mass is 276 g/mol. The van der Waals surface area contributed by atoms with Gasteiger partial charge in [0.15, 0.2) is 0 Å². The summed E-state index contributed by atoms with van der Waals surface area (Å²) >= 11 is 5.54. The van der Waals surface area contributed by atoms with Crippen LogP contribution in [0.25, 0.3) is 0 Å². The van der Waals surface area contributed by atoms with Crippen molar-refractivity contribution in [2.45, 2.75) is 38.2 Å². The quantitative estimate of drug-likeness (QED) is 0.806. The van der Waals surface area contributed by atoms with Gasteiger partial charge >= 0.3 is 8.60 Å². The highest BCUT2D eigenvalue weighted by molar-refractivity contribution is 7.39. The molecule has 1 aliphatic rings. The van der Waals surface area contributed by atoms with Crippen LogP contribution in [0, 0.1) is 0 Å². The standard InChI is InChI=1S/C6H5Cl.C6H13O3P/c7-6-4-2-1-3-5-6;7-10(8)9-6-4-2-1-3-5-6/h1-5H;6-8H,1-5H2. The van der Waals surface area contributed by atoms with Crippen molar-refractivity contribution in [3.05, 3.63) is 35.4 Å². The number of benzene rings is 1. The van der Waals surface area contributed by atoms with Crippen molar-refractivity contribution in [3.8, 4) is 0 Å². The minimum Gasteiger partial charge on any atom is -0.328 e. The van der Waals surface area contributed by atoms with Crippen molar-refractivity contribution in [2.75, 3.05) is 0 Å². The number of halogens is 1. The Kier molecular flexibility index (Phi) is 7.74. The summed E-state index contributed by atoms with van der Waals surface area (Å²) in [5.41, 5.74) is 0. The molecule has 0 bridgehead atoms. The molecule has 2 rings (SSSR count). The Labute approximate surface area is 108 Å². The van der Waals surface area contributed by atoms with Crippen molar-refractivity contribution < 1.29 is 14.3 Å². The predicted octanol–water partition coefficient (Wildman–Crippen LogP) is 3.89. The smallest absolute Gasteiger partial charge is 0.327 e. The molecule has 0 amide bonds. The van der Waals surface area contributed by atoms with Crippen LogP contribution in [-0.4, -0.2) is 15.9 Å². The molecule has 0 unspecified atom stereocenters. The van der Waals surface area contributed by atoms with E-state index in [2.05, 4.69) is 0 Å². The largest absolute Gasteiger partial charge is 0.328 e. The van der Waals surface area contributed by atoms with Gasteiger partial charge < -0.3 is 14.3 Å². The molecule has 5 heteroatoms. The maximum absolute atomic E-state index is 8.50. The van der Waals surface area contributed by atoms with Gasteiger partial charge in [0, 0.05) is 5.02 Å². The van der Waals surface area contributed by atoms with Crippen LogP contribution in [0.3, 0.4) is 0 Å². The molecule has 0 heterocycles. The first kappa shape index (κ1) is 14.9. The fraction of sp³-hybridized carbons (Fsp3) is 0.500. The van der Waals surface area contributed by atoms with E-state index in [0.717, 1.165) is 30.7 Å². The van der Waals surface area contributed by atoms with Crippen LogP contribution in [0.4, 0.5) is 0 Å². The second-order valence-electron chi connectivity index (χ2n) is 3.91. The van der Waals surface area contributed by atoms with Crippen LogP contribution in [-0.2, 0) is 4.52 Å². The zero-order valence-corrected chi connectivity index (χ0v) is 11.3. The lowest BCUT2D eigenvalue weighted by molar-refractivity contribution is 0.133. The van der Waals surface area contributed by atoms with Gasteiger partial charge in [0.25, 0.3) is 0 Å². The Bertz CT molecular complexity index is 289. The van der Waals surface area contributed by atoms with Gasteiger partial charge in [-0.15, -0.1) is 0 Å². The molecule has 0 atom stereocenters. The van der Waals surface area contributed by atoms with Crippen molar-refractivity contribution in [1.29, 1.82) is 0 Å². The Morgan fingerprint density at radius 1 is 1.06 bits per heavy atom. The summed E-state index contributed by atoms with van der Waals surface area (Å²) < 4.78 is 4.87. The summed E-state index contributed by atoms with van der Waals surface area (Å²) in [6.45, 7) is 0. The summed E-state index contributed by atoms with van der Waals surface area (Å²) in [6, 6.07) is 9.44. The van der Waals surface area contributed by atoms with E-state index in [9.17, 15) is 0 Å². The number of hydrogen-bond acceptors (Lipinski definition) is 3. The van der Waals surface area contributed by atoms with E-state index in [1.165, 1.54) is 6.42 Å². The third-order valence-electron chi connectivity index (χ3n) is 2.53. The molecule has 3 nitrogen and oxygen atoms in total. The molecule has 1 fully saturated rings. The molecule has 1 aromatic carbocycles. The van der Waals surface area contributed by atoms with E-state index in [1.54, 1.807) is 0 Å². The third kappa shape index (κ3) is 7.69. The van der Waals surface area contributed by atoms with Gasteiger partial charge in [0.05, 0.1) is 6.10 Å². The predicted molar refractivity (Wildman–Crippen MR) is 70.8 cm³/mol. The molecule has 1 saturated carbocycles. The van der Waals surface area contributed by atoms with Gasteiger partial charge in [-0.25, -0.2) is 0 Å². The third-order valence-corrected chi connectivity index (χ3v) is 3.27. The Morgan fingerprint density at radius 3 is 2.06 bits per heavy atom. The summed E-state index contributed by atoms with van der Waals surface area (Å²) in [4.78, 5) is 17.0. The Hall–Kier alpha value is -0.180. The molecule has 96 valence electrons. The zero-order chi connectivity index (χ0) is 12.5. The fourth-order valence-corrected chi connectivity index (χ4v) is 2.34. The first-order valence-electron chi connectivity index (χ1n) is 5.73. The van der Waals surface area contributed by atoms with Crippen molar-refractivity contribution in [3.63, 3.8) is 0 Å². The second kappa shape index (κ2) is 8.84. The molecular weight excluding hydrogens is 259 g/mol. The van der Waals surface area contributed by atoms with Crippen LogP contribution < -0.4 is 0 Å². The topological polar surface area (TPSA) is 49.7 Å². The van der Waals surface area contributed by atoms with E-state index in [1.807, 2.05) is 30.3 Å². The number of rotatable bonds is 2. The molecule has 0 aliphatic heterocycles. The summed E-state index contributed by atoms with van der Waals surface area (Å²) in [6.07, 6.45) is 5.66. The first-order valence-corrected chi connectivity index (χ1v) is 7.28. The summed E-state index contributed by atoms with van der Waals surface area (Å²) in [7, 11) is -2.12. The lowest BCUT2D eigenvalue weighted by Gasteiger charge is -2.21. The van der Waals surface area contributed by atoms with Crippen LogP contribution >= 0.6 is 20.2 Å². The Balaban J connectivity index is 0.000000181. The molecule has 0 aromatic heterocycles. The van der Waals surface area contributed by atoms with Crippen molar-refractivity contribution in [2.24, 2.45) is 0 Å². The van der Waals surface area contributed by atoms with Crippen molar-refractivity contribution >= 4 is 20.2 Å². The molecule has 0 spiro atoms. The van der Waals surface area contributed by atoms with Crippen LogP contribution in [0.15, 0.2) is 30.3 Å². The molecule has 17 heavy (non-hydrogen) atoms. The summed E-state index contributed by atoms with van der Waals surface area (Å²) in [5, 5.41) is 0.794. The van der Waals surface area contributed by atoms with E-state index in [0.29, 0.717) is 0 Å². The van der Waals surface area contributed by atoms with Crippen molar-refractivity contribution in [1.82, 2.24) is 0 Å². The zero-order valence-electron chi connectivity index (χ0n) is 9.63. The average molecular weight is 277 g/mol. The van der Waals surface area contributed by atoms with Gasteiger partial charge in [0.2, 0.25) is 0 Å². The fourth-order valence-electron chi connectivity index (χ4n) is 1.72. The highest BCUT2D eigenvalue weighted by Crippen LogP contribution is 2.32.